The molecule has 0 fully saturated rings. The Morgan fingerprint density at radius 3 is 2.50 bits per heavy atom. The van der Waals surface area contributed by atoms with Crippen molar-refractivity contribution < 1.29 is 9.47 Å². The Hall–Kier alpha value is -0.230. The lowest BCUT2D eigenvalue weighted by molar-refractivity contribution is 0.297. The van der Waals surface area contributed by atoms with Crippen LogP contribution in [0.15, 0.2) is 28.7 Å². The van der Waals surface area contributed by atoms with Gasteiger partial charge in [-0.25, -0.2) is 0 Å². The van der Waals surface area contributed by atoms with Crippen molar-refractivity contribution in [2.45, 2.75) is 11.2 Å². The second-order valence-electron chi connectivity index (χ2n) is 4.38. The molecule has 3 rings (SSSR count). The van der Waals surface area contributed by atoms with Gasteiger partial charge < -0.3 is 9.47 Å². The fourth-order valence-electron chi connectivity index (χ4n) is 2.01. The fourth-order valence-corrected chi connectivity index (χ4v) is 4.74. The number of thiophene rings is 1. The molecule has 1 aromatic heterocycles. The van der Waals surface area contributed by atoms with Gasteiger partial charge in [0, 0.05) is 15.8 Å². The molecule has 0 spiro atoms. The minimum absolute atomic E-state index is 0.0755. The molecule has 6 heteroatoms. The molecule has 106 valence electrons. The van der Waals surface area contributed by atoms with Gasteiger partial charge in [-0.15, -0.1) is 11.3 Å². The average molecular weight is 439 g/mol. The molecule has 0 bridgehead atoms. The van der Waals surface area contributed by atoms with Crippen LogP contribution in [-0.2, 0) is 0 Å². The van der Waals surface area contributed by atoms with E-state index in [1.54, 1.807) is 11.3 Å². The van der Waals surface area contributed by atoms with Gasteiger partial charge in [0.15, 0.2) is 11.5 Å². The number of rotatable bonds is 2. The molecular weight excluding hydrogens is 427 g/mol. The van der Waals surface area contributed by atoms with Crippen molar-refractivity contribution in [1.29, 1.82) is 0 Å². The highest BCUT2D eigenvalue weighted by Crippen LogP contribution is 2.44. The number of hydrogen-bond donors (Lipinski definition) is 0. The van der Waals surface area contributed by atoms with Crippen LogP contribution in [0, 0.1) is 0 Å². The van der Waals surface area contributed by atoms with E-state index >= 15 is 0 Å². The van der Waals surface area contributed by atoms with Crippen LogP contribution in [0.2, 0.25) is 4.34 Å². The van der Waals surface area contributed by atoms with Gasteiger partial charge in [-0.2, -0.15) is 0 Å². The number of halogens is 3. The molecule has 0 radical (unpaired) electrons. The van der Waals surface area contributed by atoms with Crippen molar-refractivity contribution in [2.75, 3.05) is 13.2 Å². The van der Waals surface area contributed by atoms with Crippen LogP contribution in [0.1, 0.15) is 21.7 Å². The van der Waals surface area contributed by atoms with Crippen molar-refractivity contribution in [3.05, 3.63) is 43.5 Å². The highest BCUT2D eigenvalue weighted by molar-refractivity contribution is 9.11. The monoisotopic (exact) mass is 436 g/mol. The number of hydrogen-bond acceptors (Lipinski definition) is 3. The van der Waals surface area contributed by atoms with Crippen LogP contribution in [0.4, 0.5) is 0 Å². The average Bonchev–Trinajstić information content (AvgIpc) is 2.73. The lowest BCUT2D eigenvalue weighted by Crippen LogP contribution is -1.97. The molecular formula is C14H11Br2ClO2S. The second-order valence-corrected chi connectivity index (χ2v) is 7.89. The molecule has 1 aromatic carbocycles. The normalized spacial score (nSPS) is 15.8. The zero-order valence-corrected chi connectivity index (χ0v) is 15.1. The highest BCUT2D eigenvalue weighted by atomic mass is 79.9. The van der Waals surface area contributed by atoms with Crippen LogP contribution in [0.3, 0.4) is 0 Å². The van der Waals surface area contributed by atoms with E-state index in [0.717, 1.165) is 37.2 Å². The fraction of sp³-hybridized carbons (Fsp3) is 0.286. The van der Waals surface area contributed by atoms with Gasteiger partial charge in [0.05, 0.1) is 22.4 Å². The topological polar surface area (TPSA) is 18.5 Å². The predicted molar refractivity (Wildman–Crippen MR) is 89.8 cm³/mol. The molecule has 2 heterocycles. The first-order valence-electron chi connectivity index (χ1n) is 6.13. The Balaban J connectivity index is 1.99. The van der Waals surface area contributed by atoms with Gasteiger partial charge in [-0.1, -0.05) is 43.5 Å². The van der Waals surface area contributed by atoms with Crippen LogP contribution in [-0.4, -0.2) is 13.2 Å². The Kier molecular flexibility index (Phi) is 4.60. The van der Waals surface area contributed by atoms with E-state index in [1.807, 2.05) is 24.3 Å². The minimum atomic E-state index is 0.0755. The molecule has 1 aliphatic rings. The van der Waals surface area contributed by atoms with Crippen LogP contribution in [0.25, 0.3) is 0 Å². The maximum Gasteiger partial charge on any atom is 0.162 e. The first-order chi connectivity index (χ1) is 9.65. The van der Waals surface area contributed by atoms with Crippen molar-refractivity contribution in [2.24, 2.45) is 0 Å². The first kappa shape index (κ1) is 14.7. The zero-order chi connectivity index (χ0) is 14.1. The summed E-state index contributed by atoms with van der Waals surface area (Å²) in [4.78, 5) is 1.23. The molecule has 2 aromatic rings. The lowest BCUT2D eigenvalue weighted by atomic mass is 10.1. The smallest absolute Gasteiger partial charge is 0.162 e. The van der Waals surface area contributed by atoms with Crippen LogP contribution < -0.4 is 9.47 Å². The van der Waals surface area contributed by atoms with E-state index in [0.29, 0.717) is 13.2 Å². The Morgan fingerprint density at radius 2 is 1.85 bits per heavy atom. The minimum Gasteiger partial charge on any atom is -0.490 e. The van der Waals surface area contributed by atoms with E-state index in [2.05, 4.69) is 31.9 Å². The van der Waals surface area contributed by atoms with E-state index in [9.17, 15) is 0 Å². The van der Waals surface area contributed by atoms with Gasteiger partial charge in [0.25, 0.3) is 0 Å². The Bertz CT molecular complexity index is 630. The molecule has 20 heavy (non-hydrogen) atoms. The molecule has 1 atom stereocenters. The second kappa shape index (κ2) is 6.26. The summed E-state index contributed by atoms with van der Waals surface area (Å²) >= 11 is 14.9. The van der Waals surface area contributed by atoms with Crippen molar-refractivity contribution in [1.82, 2.24) is 0 Å². The third-order valence-electron chi connectivity index (χ3n) is 2.98. The Labute approximate surface area is 143 Å². The van der Waals surface area contributed by atoms with E-state index < -0.39 is 0 Å². The van der Waals surface area contributed by atoms with Crippen molar-refractivity contribution in [3.63, 3.8) is 0 Å². The number of ether oxygens (including phenoxy) is 2. The molecule has 1 unspecified atom stereocenters. The van der Waals surface area contributed by atoms with Crippen molar-refractivity contribution >= 4 is 54.8 Å². The summed E-state index contributed by atoms with van der Waals surface area (Å²) in [6, 6.07) is 7.94. The lowest BCUT2D eigenvalue weighted by Gasteiger charge is -2.15. The number of fused-ring (bicyclic) bond motifs is 1. The third-order valence-corrected chi connectivity index (χ3v) is 6.26. The van der Waals surface area contributed by atoms with Gasteiger partial charge in [0.1, 0.15) is 0 Å². The Morgan fingerprint density at radius 1 is 1.15 bits per heavy atom. The van der Waals surface area contributed by atoms with Gasteiger partial charge in [0.2, 0.25) is 0 Å². The summed E-state index contributed by atoms with van der Waals surface area (Å²) in [6.07, 6.45) is 0.903. The zero-order valence-electron chi connectivity index (χ0n) is 10.4. The highest BCUT2D eigenvalue weighted by Gasteiger charge is 2.20. The summed E-state index contributed by atoms with van der Waals surface area (Å²) in [7, 11) is 0. The quantitative estimate of drug-likeness (QED) is 0.551. The van der Waals surface area contributed by atoms with E-state index in [4.69, 9.17) is 21.1 Å². The molecule has 0 aliphatic carbocycles. The van der Waals surface area contributed by atoms with E-state index in [-0.39, 0.29) is 4.83 Å². The molecule has 0 saturated carbocycles. The third kappa shape index (κ3) is 3.01. The predicted octanol–water partition coefficient (Wildman–Crippen LogP) is 5.81. The van der Waals surface area contributed by atoms with Crippen LogP contribution >= 0.6 is 54.8 Å². The number of benzene rings is 1. The largest absolute Gasteiger partial charge is 0.490 e. The van der Waals surface area contributed by atoms with Crippen molar-refractivity contribution in [3.8, 4) is 11.5 Å². The molecule has 0 amide bonds. The van der Waals surface area contributed by atoms with Gasteiger partial charge in [-0.05, 0) is 29.8 Å². The first-order valence-corrected chi connectivity index (χ1v) is 9.04. The summed E-state index contributed by atoms with van der Waals surface area (Å²) in [5.74, 6) is 1.59. The summed E-state index contributed by atoms with van der Waals surface area (Å²) < 4.78 is 13.2. The SMILES string of the molecule is Clc1ccc(C(Br)c2cc3c(cc2Br)OCCCO3)s1. The molecule has 2 nitrogen and oxygen atoms in total. The standard InChI is InChI=1S/C14H11Br2ClO2S/c15-9-7-11-10(18-4-1-5-19-11)6-8(9)14(16)12-2-3-13(17)20-12/h2-3,6-7,14H,1,4-5H2. The molecule has 1 aliphatic heterocycles. The maximum absolute atomic E-state index is 6.01. The van der Waals surface area contributed by atoms with E-state index in [1.165, 1.54) is 0 Å². The van der Waals surface area contributed by atoms with Gasteiger partial charge >= 0.3 is 0 Å². The molecule has 0 saturated heterocycles. The summed E-state index contributed by atoms with van der Waals surface area (Å²) in [5, 5.41) is 0. The molecule has 0 N–H and O–H groups in total. The summed E-state index contributed by atoms with van der Waals surface area (Å²) in [6.45, 7) is 1.38. The summed E-state index contributed by atoms with van der Waals surface area (Å²) in [5.41, 5.74) is 1.10. The van der Waals surface area contributed by atoms with Crippen LogP contribution in [0.5, 0.6) is 11.5 Å². The number of alkyl halides is 1. The van der Waals surface area contributed by atoms with Gasteiger partial charge in [-0.3, -0.25) is 0 Å². The maximum atomic E-state index is 6.01.